The number of hydrogen-bond acceptors (Lipinski definition) is 5. The molecule has 1 aromatic carbocycles. The second-order valence-corrected chi connectivity index (χ2v) is 8.23. The van der Waals surface area contributed by atoms with Crippen molar-refractivity contribution in [3.63, 3.8) is 0 Å². The van der Waals surface area contributed by atoms with Gasteiger partial charge in [-0.15, -0.1) is 12.4 Å². The highest BCUT2D eigenvalue weighted by molar-refractivity contribution is 7.23. The number of halogens is 2. The first kappa shape index (κ1) is 23.7. The lowest BCUT2D eigenvalue weighted by molar-refractivity contribution is 0.0982. The standard InChI is InChI=1S/C21H26ClN3O2S.ClH/c1-6-24(7-2)10-11-25(20(26)16-12-14(4)27-15(16)5)21-23-18-13(3)8-9-17(22)19(18)28-21;/h8-9,12H,6-7,10-11H2,1-5H3;1H. The Balaban J connectivity index is 0.00000300. The molecule has 0 bridgehead atoms. The van der Waals surface area contributed by atoms with Crippen molar-refractivity contribution in [2.24, 2.45) is 0 Å². The first-order valence-corrected chi connectivity index (χ1v) is 10.7. The van der Waals surface area contributed by atoms with Crippen molar-refractivity contribution in [3.8, 4) is 0 Å². The zero-order chi connectivity index (χ0) is 20.4. The van der Waals surface area contributed by atoms with E-state index in [1.807, 2.05) is 32.9 Å². The molecule has 158 valence electrons. The number of furan rings is 1. The van der Waals surface area contributed by atoms with Gasteiger partial charge in [-0.25, -0.2) is 4.98 Å². The summed E-state index contributed by atoms with van der Waals surface area (Å²) in [5.41, 5.74) is 2.49. The predicted molar refractivity (Wildman–Crippen MR) is 124 cm³/mol. The maximum Gasteiger partial charge on any atom is 0.263 e. The summed E-state index contributed by atoms with van der Waals surface area (Å²) < 4.78 is 6.50. The summed E-state index contributed by atoms with van der Waals surface area (Å²) in [6, 6.07) is 5.64. The Morgan fingerprint density at radius 3 is 2.41 bits per heavy atom. The van der Waals surface area contributed by atoms with Crippen LogP contribution in [0, 0.1) is 20.8 Å². The zero-order valence-corrected chi connectivity index (χ0v) is 19.8. The molecular weight excluding hydrogens is 429 g/mol. The van der Waals surface area contributed by atoms with Crippen LogP contribution in [0.3, 0.4) is 0 Å². The van der Waals surface area contributed by atoms with E-state index in [4.69, 9.17) is 21.0 Å². The van der Waals surface area contributed by atoms with Crippen LogP contribution in [0.4, 0.5) is 5.13 Å². The molecule has 0 atom stereocenters. The fourth-order valence-corrected chi connectivity index (χ4v) is 4.60. The van der Waals surface area contributed by atoms with E-state index in [2.05, 4.69) is 18.7 Å². The molecule has 0 N–H and O–H groups in total. The molecule has 0 saturated heterocycles. The van der Waals surface area contributed by atoms with E-state index in [-0.39, 0.29) is 18.3 Å². The molecule has 2 aromatic heterocycles. The molecule has 0 fully saturated rings. The van der Waals surface area contributed by atoms with E-state index < -0.39 is 0 Å². The van der Waals surface area contributed by atoms with Gasteiger partial charge in [0, 0.05) is 13.1 Å². The zero-order valence-electron chi connectivity index (χ0n) is 17.4. The molecule has 2 heterocycles. The number of anilines is 1. The number of aryl methyl sites for hydroxylation is 3. The summed E-state index contributed by atoms with van der Waals surface area (Å²) in [6.07, 6.45) is 0. The number of carbonyl (C=O) groups excluding carboxylic acids is 1. The fourth-order valence-electron chi connectivity index (χ4n) is 3.26. The Kier molecular flexibility index (Phi) is 8.11. The molecule has 8 heteroatoms. The highest BCUT2D eigenvalue weighted by Crippen LogP contribution is 2.36. The van der Waals surface area contributed by atoms with E-state index >= 15 is 0 Å². The molecule has 29 heavy (non-hydrogen) atoms. The van der Waals surface area contributed by atoms with Gasteiger partial charge in [0.25, 0.3) is 5.91 Å². The second-order valence-electron chi connectivity index (χ2n) is 6.85. The molecule has 0 aliphatic rings. The van der Waals surface area contributed by atoms with Crippen LogP contribution in [-0.2, 0) is 0 Å². The number of aromatic nitrogens is 1. The summed E-state index contributed by atoms with van der Waals surface area (Å²) >= 11 is 7.85. The number of carbonyl (C=O) groups is 1. The number of benzene rings is 1. The number of hydrogen-bond donors (Lipinski definition) is 0. The largest absolute Gasteiger partial charge is 0.466 e. The maximum absolute atomic E-state index is 13.4. The van der Waals surface area contributed by atoms with Crippen LogP contribution in [0.5, 0.6) is 0 Å². The molecule has 0 aliphatic carbocycles. The lowest BCUT2D eigenvalue weighted by Crippen LogP contribution is -2.39. The van der Waals surface area contributed by atoms with Crippen molar-refractivity contribution in [3.05, 3.63) is 45.9 Å². The summed E-state index contributed by atoms with van der Waals surface area (Å²) in [5.74, 6) is 1.27. The molecule has 0 radical (unpaired) electrons. The quantitative estimate of drug-likeness (QED) is 0.446. The number of amides is 1. The van der Waals surface area contributed by atoms with E-state index in [1.54, 1.807) is 11.0 Å². The van der Waals surface area contributed by atoms with Crippen LogP contribution in [-0.4, -0.2) is 42.0 Å². The van der Waals surface area contributed by atoms with E-state index in [1.165, 1.54) is 11.3 Å². The van der Waals surface area contributed by atoms with Crippen LogP contribution < -0.4 is 4.90 Å². The maximum atomic E-state index is 13.4. The molecule has 3 aromatic rings. The summed E-state index contributed by atoms with van der Waals surface area (Å²) in [4.78, 5) is 22.2. The third-order valence-corrected chi connectivity index (χ3v) is 6.51. The van der Waals surface area contributed by atoms with E-state index in [0.717, 1.165) is 41.2 Å². The minimum Gasteiger partial charge on any atom is -0.466 e. The van der Waals surface area contributed by atoms with Crippen molar-refractivity contribution in [2.75, 3.05) is 31.1 Å². The average molecular weight is 456 g/mol. The highest BCUT2D eigenvalue weighted by atomic mass is 35.5. The normalized spacial score (nSPS) is 11.1. The van der Waals surface area contributed by atoms with Crippen LogP contribution in [0.1, 0.15) is 41.3 Å². The van der Waals surface area contributed by atoms with Gasteiger partial charge in [-0.3, -0.25) is 9.69 Å². The second kappa shape index (κ2) is 9.94. The number of likely N-dealkylation sites (N-methyl/N-ethyl adjacent to an activating group) is 1. The molecule has 0 spiro atoms. The average Bonchev–Trinajstić information content (AvgIpc) is 3.26. The minimum atomic E-state index is -0.0886. The Hall–Kier alpha value is -1.60. The van der Waals surface area contributed by atoms with Gasteiger partial charge in [-0.1, -0.05) is 42.9 Å². The first-order valence-electron chi connectivity index (χ1n) is 9.52. The van der Waals surface area contributed by atoms with E-state index in [0.29, 0.717) is 28.0 Å². The Morgan fingerprint density at radius 1 is 1.17 bits per heavy atom. The van der Waals surface area contributed by atoms with Gasteiger partial charge in [0.15, 0.2) is 5.13 Å². The van der Waals surface area contributed by atoms with Gasteiger partial charge in [0.2, 0.25) is 0 Å². The molecule has 0 saturated carbocycles. The van der Waals surface area contributed by atoms with Crippen LogP contribution >= 0.6 is 35.3 Å². The Labute approximate surface area is 187 Å². The van der Waals surface area contributed by atoms with E-state index in [9.17, 15) is 4.79 Å². The van der Waals surface area contributed by atoms with Gasteiger partial charge in [0.05, 0.1) is 20.8 Å². The summed E-state index contributed by atoms with van der Waals surface area (Å²) in [7, 11) is 0. The predicted octanol–water partition coefficient (Wildman–Crippen LogP) is 5.88. The lowest BCUT2D eigenvalue weighted by atomic mass is 10.2. The van der Waals surface area contributed by atoms with Crippen molar-refractivity contribution < 1.29 is 9.21 Å². The first-order chi connectivity index (χ1) is 13.3. The van der Waals surface area contributed by atoms with Gasteiger partial charge in [-0.05, 0) is 51.6 Å². The minimum absolute atomic E-state index is 0. The number of rotatable bonds is 7. The Morgan fingerprint density at radius 2 is 1.86 bits per heavy atom. The monoisotopic (exact) mass is 455 g/mol. The van der Waals surface area contributed by atoms with Gasteiger partial charge in [0.1, 0.15) is 11.5 Å². The van der Waals surface area contributed by atoms with Crippen molar-refractivity contribution in [2.45, 2.75) is 34.6 Å². The highest BCUT2D eigenvalue weighted by Gasteiger charge is 2.25. The molecule has 3 rings (SSSR count). The van der Waals surface area contributed by atoms with Crippen LogP contribution in [0.25, 0.3) is 10.2 Å². The number of fused-ring (bicyclic) bond motifs is 1. The Bertz CT molecular complexity index is 956. The fraction of sp³-hybridized carbons (Fsp3) is 0.429. The smallest absolute Gasteiger partial charge is 0.263 e. The van der Waals surface area contributed by atoms with Crippen molar-refractivity contribution >= 4 is 56.6 Å². The molecule has 0 unspecified atom stereocenters. The summed E-state index contributed by atoms with van der Waals surface area (Å²) in [5, 5.41) is 1.33. The van der Waals surface area contributed by atoms with Crippen LogP contribution in [0.15, 0.2) is 22.6 Å². The third kappa shape index (κ3) is 4.94. The third-order valence-electron chi connectivity index (χ3n) is 4.97. The van der Waals surface area contributed by atoms with Gasteiger partial charge >= 0.3 is 0 Å². The molecule has 0 aliphatic heterocycles. The van der Waals surface area contributed by atoms with Gasteiger partial charge < -0.3 is 9.32 Å². The number of nitrogens with zero attached hydrogens (tertiary/aromatic N) is 3. The van der Waals surface area contributed by atoms with Gasteiger partial charge in [-0.2, -0.15) is 0 Å². The SMILES string of the molecule is CCN(CC)CCN(C(=O)c1cc(C)oc1C)c1nc2c(C)ccc(Cl)c2s1.Cl. The van der Waals surface area contributed by atoms with Crippen molar-refractivity contribution in [1.29, 1.82) is 0 Å². The van der Waals surface area contributed by atoms with Crippen molar-refractivity contribution in [1.82, 2.24) is 9.88 Å². The molecular formula is C21H27Cl2N3O2S. The summed E-state index contributed by atoms with van der Waals surface area (Å²) in [6.45, 7) is 13.1. The molecule has 5 nitrogen and oxygen atoms in total. The number of thiazole rings is 1. The molecule has 1 amide bonds. The topological polar surface area (TPSA) is 49.6 Å². The lowest BCUT2D eigenvalue weighted by Gasteiger charge is -2.24. The van der Waals surface area contributed by atoms with Crippen LogP contribution in [0.2, 0.25) is 5.02 Å².